The zero-order chi connectivity index (χ0) is 35.1. The Kier molecular flexibility index (Phi) is 10.4. The van der Waals surface area contributed by atoms with Crippen LogP contribution in [0.4, 0.5) is 8.78 Å². The van der Waals surface area contributed by atoms with E-state index in [0.717, 1.165) is 12.3 Å². The number of nitrogens with zero attached hydrogens (tertiary/aromatic N) is 2. The van der Waals surface area contributed by atoms with E-state index in [4.69, 9.17) is 14.2 Å². The summed E-state index contributed by atoms with van der Waals surface area (Å²) in [5.74, 6) is 1.58. The summed E-state index contributed by atoms with van der Waals surface area (Å²) < 4.78 is 75.1. The smallest absolute Gasteiger partial charge is 0.250 e. The second kappa shape index (κ2) is 13.5. The number of hydrogen-bond acceptors (Lipinski definition) is 7. The van der Waals surface area contributed by atoms with Crippen LogP contribution in [0, 0.1) is 23.1 Å². The molecule has 0 aliphatic carbocycles. The van der Waals surface area contributed by atoms with Crippen molar-refractivity contribution in [2.45, 2.75) is 89.7 Å². The van der Waals surface area contributed by atoms with Crippen molar-refractivity contribution >= 4 is 39.6 Å². The molecule has 0 fully saturated rings. The first-order valence-electron chi connectivity index (χ1n) is 15.6. The Bertz CT molecular complexity index is 1970. The molecule has 0 N–H and O–H groups in total. The SMILES string of the molecule is COCOc1cc(-c2c(F)cc3c(OC(C)(C)C)nc(S(C)(=O)=O)nc3c2F)c2c(C#C[Si](C(C)C)(C(C)C)C(C)C)cccc2c1. The summed E-state index contributed by atoms with van der Waals surface area (Å²) in [5.41, 5.74) is 4.01. The van der Waals surface area contributed by atoms with Gasteiger partial charge in [-0.2, -0.15) is 4.98 Å². The first-order valence-corrected chi connectivity index (χ1v) is 19.7. The van der Waals surface area contributed by atoms with Crippen LogP contribution in [0.5, 0.6) is 11.6 Å². The van der Waals surface area contributed by atoms with E-state index in [0.29, 0.717) is 38.7 Å². The largest absolute Gasteiger partial charge is 0.471 e. The van der Waals surface area contributed by atoms with Gasteiger partial charge < -0.3 is 14.2 Å². The third kappa shape index (κ3) is 7.30. The molecule has 252 valence electrons. The van der Waals surface area contributed by atoms with Gasteiger partial charge in [0.1, 0.15) is 30.8 Å². The van der Waals surface area contributed by atoms with Gasteiger partial charge in [-0.1, -0.05) is 59.6 Å². The minimum atomic E-state index is -3.99. The highest BCUT2D eigenvalue weighted by atomic mass is 32.2. The number of halogens is 2. The summed E-state index contributed by atoms with van der Waals surface area (Å²) in [6.45, 7) is 18.4. The molecule has 1 heterocycles. The van der Waals surface area contributed by atoms with Gasteiger partial charge in [0.15, 0.2) is 12.6 Å². The standard InChI is InChI=1S/C36H44F2N2O5SSi/c1-21(2)47(22(3)4,23(5)6)16-15-24-13-12-14-25-17-26(44-20-43-10)18-27(30(24)25)31-29(37)19-28-33(32(31)38)39-35(46(11,41)42)40-34(28)45-36(7,8)9/h12-14,17-19,21-23H,20H2,1-11H3. The van der Waals surface area contributed by atoms with Gasteiger partial charge in [-0.05, 0) is 67.0 Å². The van der Waals surface area contributed by atoms with Crippen LogP contribution in [0.2, 0.25) is 16.6 Å². The molecule has 4 rings (SSSR count). The topological polar surface area (TPSA) is 87.6 Å². The summed E-state index contributed by atoms with van der Waals surface area (Å²) in [4.78, 5) is 8.11. The first kappa shape index (κ1) is 36.2. The minimum Gasteiger partial charge on any atom is -0.471 e. The van der Waals surface area contributed by atoms with Gasteiger partial charge >= 0.3 is 0 Å². The lowest BCUT2D eigenvalue weighted by Gasteiger charge is -2.38. The average molecular weight is 683 g/mol. The van der Waals surface area contributed by atoms with E-state index in [9.17, 15) is 8.42 Å². The van der Waals surface area contributed by atoms with Crippen LogP contribution in [0.1, 0.15) is 67.9 Å². The molecule has 7 nitrogen and oxygen atoms in total. The zero-order valence-corrected chi connectivity index (χ0v) is 30.8. The lowest BCUT2D eigenvalue weighted by atomic mass is 9.93. The van der Waals surface area contributed by atoms with Crippen molar-refractivity contribution in [2.24, 2.45) is 0 Å². The van der Waals surface area contributed by atoms with Crippen LogP contribution in [0.25, 0.3) is 32.8 Å². The van der Waals surface area contributed by atoms with Gasteiger partial charge in [-0.3, -0.25) is 0 Å². The number of ether oxygens (including phenoxy) is 3. The second-order valence-corrected chi connectivity index (χ2v) is 21.3. The molecule has 1 aromatic heterocycles. The van der Waals surface area contributed by atoms with E-state index in [1.165, 1.54) is 7.11 Å². The zero-order valence-electron chi connectivity index (χ0n) is 29.0. The normalized spacial score (nSPS) is 12.7. The Morgan fingerprint density at radius 2 is 1.60 bits per heavy atom. The van der Waals surface area contributed by atoms with E-state index in [1.807, 2.05) is 18.2 Å². The Balaban J connectivity index is 2.16. The average Bonchev–Trinajstić information content (AvgIpc) is 2.94. The molecule has 0 saturated carbocycles. The van der Waals surface area contributed by atoms with Crippen LogP contribution in [0.3, 0.4) is 0 Å². The van der Waals surface area contributed by atoms with Gasteiger partial charge in [-0.15, -0.1) is 5.54 Å². The number of hydrogen-bond donors (Lipinski definition) is 0. The van der Waals surface area contributed by atoms with Crippen LogP contribution >= 0.6 is 0 Å². The maximum Gasteiger partial charge on any atom is 0.250 e. The van der Waals surface area contributed by atoms with Crippen molar-refractivity contribution in [3.63, 3.8) is 0 Å². The lowest BCUT2D eigenvalue weighted by molar-refractivity contribution is 0.0512. The number of sulfone groups is 1. The predicted octanol–water partition coefficient (Wildman–Crippen LogP) is 8.86. The second-order valence-electron chi connectivity index (χ2n) is 13.8. The predicted molar refractivity (Wildman–Crippen MR) is 186 cm³/mol. The van der Waals surface area contributed by atoms with Crippen LogP contribution < -0.4 is 9.47 Å². The fraction of sp³-hybridized carbons (Fsp3) is 0.444. The lowest BCUT2D eigenvalue weighted by Crippen LogP contribution is -2.43. The van der Waals surface area contributed by atoms with Gasteiger partial charge in [0, 0.05) is 29.9 Å². The number of rotatable bonds is 9. The fourth-order valence-electron chi connectivity index (χ4n) is 6.45. The Hall–Kier alpha value is -3.59. The van der Waals surface area contributed by atoms with Crippen molar-refractivity contribution < 1.29 is 31.4 Å². The number of benzene rings is 3. The monoisotopic (exact) mass is 682 g/mol. The highest BCUT2D eigenvalue weighted by Gasteiger charge is 2.41. The molecule has 4 aromatic rings. The van der Waals surface area contributed by atoms with E-state index in [-0.39, 0.29) is 29.1 Å². The summed E-state index contributed by atoms with van der Waals surface area (Å²) in [6, 6.07) is 9.94. The summed E-state index contributed by atoms with van der Waals surface area (Å²) >= 11 is 0. The van der Waals surface area contributed by atoms with Crippen molar-refractivity contribution in [3.8, 4) is 34.2 Å². The van der Waals surface area contributed by atoms with Crippen LogP contribution in [-0.4, -0.2) is 52.2 Å². The molecule has 47 heavy (non-hydrogen) atoms. The number of aromatic nitrogens is 2. The Morgan fingerprint density at radius 3 is 2.15 bits per heavy atom. The van der Waals surface area contributed by atoms with Crippen LogP contribution in [-0.2, 0) is 14.6 Å². The third-order valence-corrected chi connectivity index (χ3v) is 15.5. The highest BCUT2D eigenvalue weighted by molar-refractivity contribution is 7.90. The van der Waals surface area contributed by atoms with Gasteiger partial charge in [-0.25, -0.2) is 22.2 Å². The molecule has 0 spiro atoms. The van der Waals surface area contributed by atoms with E-state index < -0.39 is 45.9 Å². The molecule has 0 amide bonds. The molecule has 0 bridgehead atoms. The van der Waals surface area contributed by atoms with Crippen molar-refractivity contribution in [3.05, 3.63) is 53.6 Å². The molecule has 0 saturated heterocycles. The Labute approximate surface area is 278 Å². The number of fused-ring (bicyclic) bond motifs is 2. The summed E-state index contributed by atoms with van der Waals surface area (Å²) in [5, 5.41) is 0.460. The van der Waals surface area contributed by atoms with Gasteiger partial charge in [0.25, 0.3) is 5.16 Å². The number of methoxy groups -OCH3 is 1. The van der Waals surface area contributed by atoms with E-state index in [1.54, 1.807) is 32.9 Å². The molecule has 0 unspecified atom stereocenters. The van der Waals surface area contributed by atoms with Gasteiger partial charge in [0.05, 0.1) is 10.9 Å². The van der Waals surface area contributed by atoms with Crippen molar-refractivity contribution in [1.82, 2.24) is 9.97 Å². The third-order valence-electron chi connectivity index (χ3n) is 8.40. The van der Waals surface area contributed by atoms with Crippen molar-refractivity contribution in [2.75, 3.05) is 20.2 Å². The van der Waals surface area contributed by atoms with E-state index in [2.05, 4.69) is 63.0 Å². The molecular weight excluding hydrogens is 639 g/mol. The summed E-state index contributed by atoms with van der Waals surface area (Å²) in [7, 11) is -4.68. The molecular formula is C36H44F2N2O5SSi. The molecule has 0 aliphatic heterocycles. The fourth-order valence-corrected chi connectivity index (χ4v) is 12.2. The van der Waals surface area contributed by atoms with Gasteiger partial charge in [0.2, 0.25) is 15.7 Å². The molecule has 0 atom stereocenters. The maximum absolute atomic E-state index is 16.9. The highest BCUT2D eigenvalue weighted by Crippen LogP contribution is 2.43. The van der Waals surface area contributed by atoms with Crippen LogP contribution in [0.15, 0.2) is 41.6 Å². The molecule has 3 aromatic carbocycles. The molecule has 11 heteroatoms. The Morgan fingerprint density at radius 1 is 0.957 bits per heavy atom. The maximum atomic E-state index is 16.9. The summed E-state index contributed by atoms with van der Waals surface area (Å²) in [6.07, 6.45) is 0.918. The van der Waals surface area contributed by atoms with Crippen molar-refractivity contribution in [1.29, 1.82) is 0 Å². The minimum absolute atomic E-state index is 0.0864. The first-order chi connectivity index (χ1) is 21.8. The van der Waals surface area contributed by atoms with E-state index >= 15 is 8.78 Å². The molecule has 0 aliphatic rings. The quantitative estimate of drug-likeness (QED) is 0.0754. The molecule has 0 radical (unpaired) electrons.